The largest absolute Gasteiger partial charge is 0.512 e. The number of ketones is 1. The van der Waals surface area contributed by atoms with Crippen LogP contribution in [0.3, 0.4) is 0 Å². The van der Waals surface area contributed by atoms with Crippen molar-refractivity contribution in [3.05, 3.63) is 41.2 Å². The quantitative estimate of drug-likeness (QED) is 0.513. The lowest BCUT2D eigenvalue weighted by atomic mass is 10.2. The highest BCUT2D eigenvalue weighted by molar-refractivity contribution is 7.91. The van der Waals surface area contributed by atoms with E-state index in [0.717, 1.165) is 11.8 Å². The van der Waals surface area contributed by atoms with Gasteiger partial charge in [0.1, 0.15) is 11.6 Å². The van der Waals surface area contributed by atoms with Crippen molar-refractivity contribution in [2.75, 3.05) is 5.88 Å². The zero-order valence-electron chi connectivity index (χ0n) is 11.6. The highest BCUT2D eigenvalue weighted by Gasteiger charge is 2.13. The van der Waals surface area contributed by atoms with E-state index < -0.39 is 15.7 Å². The fourth-order valence-electron chi connectivity index (χ4n) is 1.49. The number of aliphatic hydroxyl groups is 1. The Bertz CT molecular complexity index is 651. The standard InChI is InChI=1S/C14H17NO4S/c1-10-4-6-13(7-5-10)20(18,19)9-15-8-14(11(2)16)12(3)17/h4-8,16H,9H2,1-3H3/b14-11-,15-8-. The Morgan fingerprint density at radius 3 is 2.25 bits per heavy atom. The van der Waals surface area contributed by atoms with Crippen LogP contribution in [0.25, 0.3) is 0 Å². The molecule has 1 N–H and O–H groups in total. The van der Waals surface area contributed by atoms with Crippen LogP contribution in [0.1, 0.15) is 19.4 Å². The van der Waals surface area contributed by atoms with Crippen LogP contribution in [0, 0.1) is 6.92 Å². The molecular formula is C14H17NO4S. The maximum Gasteiger partial charge on any atom is 0.198 e. The summed E-state index contributed by atoms with van der Waals surface area (Å²) in [6.07, 6.45) is 1.09. The average molecular weight is 295 g/mol. The number of hydrogen-bond donors (Lipinski definition) is 1. The van der Waals surface area contributed by atoms with Crippen molar-refractivity contribution in [1.82, 2.24) is 0 Å². The van der Waals surface area contributed by atoms with Crippen molar-refractivity contribution in [3.63, 3.8) is 0 Å². The molecule has 20 heavy (non-hydrogen) atoms. The van der Waals surface area contributed by atoms with Gasteiger partial charge in [0.15, 0.2) is 15.6 Å². The molecule has 0 spiro atoms. The summed E-state index contributed by atoms with van der Waals surface area (Å²) < 4.78 is 24.0. The van der Waals surface area contributed by atoms with E-state index in [4.69, 9.17) is 0 Å². The number of carbonyl (C=O) groups is 1. The summed E-state index contributed by atoms with van der Waals surface area (Å²) in [6, 6.07) is 6.43. The van der Waals surface area contributed by atoms with Crippen molar-refractivity contribution in [1.29, 1.82) is 0 Å². The van der Waals surface area contributed by atoms with E-state index in [0.29, 0.717) is 0 Å². The van der Waals surface area contributed by atoms with Crippen LogP contribution in [0.15, 0.2) is 45.5 Å². The molecule has 0 saturated heterocycles. The van der Waals surface area contributed by atoms with Crippen molar-refractivity contribution < 1.29 is 18.3 Å². The van der Waals surface area contributed by atoms with Gasteiger partial charge >= 0.3 is 0 Å². The lowest BCUT2D eigenvalue weighted by Gasteiger charge is -2.02. The molecule has 0 saturated carbocycles. The lowest BCUT2D eigenvalue weighted by molar-refractivity contribution is -0.113. The summed E-state index contributed by atoms with van der Waals surface area (Å²) in [6.45, 7) is 4.48. The number of carbonyl (C=O) groups excluding carboxylic acids is 1. The molecule has 6 heteroatoms. The molecule has 0 aliphatic rings. The normalized spacial score (nSPS) is 13.3. The van der Waals surface area contributed by atoms with E-state index in [1.54, 1.807) is 12.1 Å². The topological polar surface area (TPSA) is 83.8 Å². The molecule has 0 aliphatic carbocycles. The number of hydrogen-bond acceptors (Lipinski definition) is 5. The second kappa shape index (κ2) is 6.47. The third-order valence-electron chi connectivity index (χ3n) is 2.61. The van der Waals surface area contributed by atoms with Gasteiger partial charge in [-0.05, 0) is 32.9 Å². The molecule has 5 nitrogen and oxygen atoms in total. The first-order valence-corrected chi connectivity index (χ1v) is 7.59. The highest BCUT2D eigenvalue weighted by atomic mass is 32.2. The minimum atomic E-state index is -3.54. The number of sulfone groups is 1. The fraction of sp³-hybridized carbons (Fsp3) is 0.286. The number of aliphatic imine (C=N–C) groups is 1. The molecule has 0 amide bonds. The third-order valence-corrected chi connectivity index (χ3v) is 4.09. The average Bonchev–Trinajstić information content (AvgIpc) is 2.34. The van der Waals surface area contributed by atoms with Crippen LogP contribution in [0.4, 0.5) is 0 Å². The van der Waals surface area contributed by atoms with Crippen molar-refractivity contribution >= 4 is 21.8 Å². The molecule has 0 aliphatic heterocycles. The first-order valence-electron chi connectivity index (χ1n) is 5.94. The van der Waals surface area contributed by atoms with E-state index in [1.807, 2.05) is 6.92 Å². The summed E-state index contributed by atoms with van der Waals surface area (Å²) in [4.78, 5) is 15.1. The van der Waals surface area contributed by atoms with Gasteiger partial charge in [0.25, 0.3) is 0 Å². The summed E-state index contributed by atoms with van der Waals surface area (Å²) in [7, 11) is -3.54. The monoisotopic (exact) mass is 295 g/mol. The lowest BCUT2D eigenvalue weighted by Crippen LogP contribution is -2.07. The number of nitrogens with zero attached hydrogens (tertiary/aromatic N) is 1. The molecule has 108 valence electrons. The molecule has 0 heterocycles. The van der Waals surface area contributed by atoms with E-state index in [1.165, 1.54) is 26.0 Å². The molecule has 0 aromatic heterocycles. The van der Waals surface area contributed by atoms with Gasteiger partial charge in [-0.1, -0.05) is 17.7 Å². The van der Waals surface area contributed by atoms with Gasteiger partial charge in [0.05, 0.1) is 10.5 Å². The second-order valence-electron chi connectivity index (χ2n) is 4.42. The van der Waals surface area contributed by atoms with E-state index in [2.05, 4.69) is 4.99 Å². The fourth-order valence-corrected chi connectivity index (χ4v) is 2.46. The summed E-state index contributed by atoms with van der Waals surface area (Å²) >= 11 is 0. The summed E-state index contributed by atoms with van der Waals surface area (Å²) in [5, 5.41) is 9.28. The zero-order chi connectivity index (χ0) is 15.3. The number of benzene rings is 1. The maximum absolute atomic E-state index is 12.0. The van der Waals surface area contributed by atoms with Crippen LogP contribution in [0.5, 0.6) is 0 Å². The predicted molar refractivity (Wildman–Crippen MR) is 77.7 cm³/mol. The van der Waals surface area contributed by atoms with Gasteiger partial charge < -0.3 is 5.11 Å². The Hall–Kier alpha value is -1.95. The maximum atomic E-state index is 12.0. The first-order chi connectivity index (χ1) is 9.24. The number of Topliss-reactive ketones (excluding diaryl/α,β-unsaturated/α-hetero) is 1. The minimum absolute atomic E-state index is 0.00380. The number of rotatable bonds is 5. The van der Waals surface area contributed by atoms with Crippen molar-refractivity contribution in [2.24, 2.45) is 4.99 Å². The SMILES string of the molecule is CC(=O)C(/C=N\CS(=O)(=O)c1ccc(C)cc1)=C(/C)O. The Morgan fingerprint density at radius 2 is 1.80 bits per heavy atom. The van der Waals surface area contributed by atoms with Crippen molar-refractivity contribution in [3.8, 4) is 0 Å². The van der Waals surface area contributed by atoms with Gasteiger partial charge in [0.2, 0.25) is 0 Å². The van der Waals surface area contributed by atoms with Crippen LogP contribution in [-0.2, 0) is 14.6 Å². The Kier molecular flexibility index (Phi) is 5.21. The van der Waals surface area contributed by atoms with Crippen molar-refractivity contribution in [2.45, 2.75) is 25.7 Å². The molecule has 1 aromatic carbocycles. The summed E-state index contributed by atoms with van der Waals surface area (Å²) in [5.41, 5.74) is 0.967. The summed E-state index contributed by atoms with van der Waals surface area (Å²) in [5.74, 6) is -1.03. The highest BCUT2D eigenvalue weighted by Crippen LogP contribution is 2.12. The number of allylic oxidation sites excluding steroid dienone is 2. The molecule has 0 bridgehead atoms. The van der Waals surface area contributed by atoms with Crippen LogP contribution in [-0.4, -0.2) is 31.4 Å². The van der Waals surface area contributed by atoms with Gasteiger partial charge in [-0.3, -0.25) is 9.79 Å². The molecule has 0 radical (unpaired) electrons. The second-order valence-corrected chi connectivity index (χ2v) is 6.38. The van der Waals surface area contributed by atoms with Gasteiger partial charge in [0, 0.05) is 6.21 Å². The first kappa shape index (κ1) is 16.1. The number of aryl methyl sites for hydroxylation is 1. The Labute approximate surface area is 118 Å². The van der Waals surface area contributed by atoms with Crippen LogP contribution < -0.4 is 0 Å². The van der Waals surface area contributed by atoms with E-state index in [9.17, 15) is 18.3 Å². The predicted octanol–water partition coefficient (Wildman–Crippen LogP) is 2.22. The molecule has 0 atom stereocenters. The molecular weight excluding hydrogens is 278 g/mol. The smallest absolute Gasteiger partial charge is 0.198 e. The van der Waals surface area contributed by atoms with Gasteiger partial charge in [-0.2, -0.15) is 0 Å². The Balaban J connectivity index is 2.91. The van der Waals surface area contributed by atoms with E-state index >= 15 is 0 Å². The molecule has 0 unspecified atom stereocenters. The van der Waals surface area contributed by atoms with Crippen LogP contribution >= 0.6 is 0 Å². The molecule has 1 aromatic rings. The van der Waals surface area contributed by atoms with Crippen LogP contribution in [0.2, 0.25) is 0 Å². The minimum Gasteiger partial charge on any atom is -0.512 e. The Morgan fingerprint density at radius 1 is 1.25 bits per heavy atom. The van der Waals surface area contributed by atoms with Gasteiger partial charge in [-0.25, -0.2) is 8.42 Å². The molecule has 0 fully saturated rings. The number of aliphatic hydroxyl groups excluding tert-OH is 1. The molecule has 1 rings (SSSR count). The van der Waals surface area contributed by atoms with E-state index in [-0.39, 0.29) is 22.0 Å². The van der Waals surface area contributed by atoms with Gasteiger partial charge in [-0.15, -0.1) is 0 Å². The zero-order valence-corrected chi connectivity index (χ0v) is 12.4. The third kappa shape index (κ3) is 4.31.